The number of carbonyl (C=O) groups excluding carboxylic acids is 5. The van der Waals surface area contributed by atoms with E-state index in [4.69, 9.17) is 21.3 Å². The first kappa shape index (κ1) is 48.7. The largest absolute Gasteiger partial charge is 0.370 e. The maximum absolute atomic E-state index is 15.0. The Hall–Kier alpha value is -6.70. The van der Waals surface area contributed by atoms with Crippen molar-refractivity contribution in [2.45, 2.75) is 50.9 Å². The Balaban J connectivity index is 0.00000642. The van der Waals surface area contributed by atoms with Gasteiger partial charge in [-0.05, 0) is 79.9 Å². The van der Waals surface area contributed by atoms with Gasteiger partial charge >= 0.3 is 0 Å². The molecule has 0 aliphatic carbocycles. The maximum atomic E-state index is 15.0. The van der Waals surface area contributed by atoms with Gasteiger partial charge in [-0.3, -0.25) is 34.3 Å². The summed E-state index contributed by atoms with van der Waals surface area (Å²) in [6.07, 6.45) is 3.66. The Morgan fingerprint density at radius 2 is 1.67 bits per heavy atom. The summed E-state index contributed by atoms with van der Waals surface area (Å²) in [5.41, 5.74) is 4.85. The zero-order chi connectivity index (χ0) is 47.3. The first-order chi connectivity index (χ1) is 33.0. The van der Waals surface area contributed by atoms with Crippen LogP contribution in [0, 0.1) is 11.6 Å². The fraction of sp³-hybridized carbons (Fsp3) is 0.306. The number of ether oxygens (including phenoxy) is 1. The zero-order valence-electron chi connectivity index (χ0n) is 37.2. The molecule has 69 heavy (non-hydrogen) atoms. The van der Waals surface area contributed by atoms with Crippen LogP contribution in [0.25, 0.3) is 11.3 Å². The zero-order valence-corrected chi connectivity index (χ0v) is 38.7. The van der Waals surface area contributed by atoms with Crippen molar-refractivity contribution < 1.29 is 37.5 Å². The normalized spacial score (nSPS) is 16.9. The lowest BCUT2D eigenvalue weighted by atomic mass is 9.95. The number of fused-ring (bicyclic) bond motifs is 4. The van der Waals surface area contributed by atoms with Crippen LogP contribution in [0.5, 0.6) is 0 Å². The number of benzene rings is 4. The van der Waals surface area contributed by atoms with Crippen molar-refractivity contribution in [1.29, 1.82) is 0 Å². The number of nitrogens with one attached hydrogen (secondary N) is 5. The molecule has 2 fully saturated rings. The summed E-state index contributed by atoms with van der Waals surface area (Å²) in [7, 11) is 0. The predicted octanol–water partition coefficient (Wildman–Crippen LogP) is 5.79. The molecule has 0 bridgehead atoms. The average Bonchev–Trinajstić information content (AvgIpc) is 3.58. The number of aliphatic imine (C=N–C) groups is 1. The van der Waals surface area contributed by atoms with Crippen LogP contribution in [0.4, 0.5) is 26.1 Å². The molecule has 1 unspecified atom stereocenters. The highest BCUT2D eigenvalue weighted by Crippen LogP contribution is 2.36. The highest BCUT2D eigenvalue weighted by atomic mass is 35.5. The number of amides is 5. The first-order valence-electron chi connectivity index (χ1n) is 22.4. The van der Waals surface area contributed by atoms with Gasteiger partial charge in [0.05, 0.1) is 30.1 Å². The summed E-state index contributed by atoms with van der Waals surface area (Å²) in [4.78, 5) is 80.6. The number of hydrogen-bond acceptors (Lipinski definition) is 12. The minimum Gasteiger partial charge on any atom is -0.370 e. The molecule has 1 aromatic heterocycles. The molecule has 0 radical (unpaired) electrons. The number of carbonyl (C=O) groups is 5. The number of anilines is 3. The Labute approximate surface area is 407 Å². The molecule has 5 amide bonds. The van der Waals surface area contributed by atoms with Gasteiger partial charge in [-0.1, -0.05) is 29.8 Å². The molecular weight excluding hydrogens is 934 g/mol. The fourth-order valence-corrected chi connectivity index (χ4v) is 9.06. The van der Waals surface area contributed by atoms with Gasteiger partial charge in [-0.15, -0.1) is 12.4 Å². The van der Waals surface area contributed by atoms with Crippen LogP contribution in [0.1, 0.15) is 68.7 Å². The van der Waals surface area contributed by atoms with Crippen molar-refractivity contribution in [3.8, 4) is 11.3 Å². The van der Waals surface area contributed by atoms with Crippen LogP contribution in [-0.4, -0.2) is 113 Å². The van der Waals surface area contributed by atoms with Crippen molar-refractivity contribution in [1.82, 2.24) is 35.7 Å². The third-order valence-corrected chi connectivity index (χ3v) is 12.6. The van der Waals surface area contributed by atoms with Gasteiger partial charge in [0, 0.05) is 108 Å². The Morgan fingerprint density at radius 1 is 0.899 bits per heavy atom. The quantitative estimate of drug-likeness (QED) is 0.0629. The lowest BCUT2D eigenvalue weighted by Gasteiger charge is -2.32. The number of hydrogen-bond donors (Lipinski definition) is 5. The molecule has 2 saturated heterocycles. The minimum atomic E-state index is -0.742. The molecule has 4 aliphatic rings. The summed E-state index contributed by atoms with van der Waals surface area (Å²) < 4.78 is 35.5. The number of halogens is 4. The lowest BCUT2D eigenvalue weighted by Crippen LogP contribution is -2.52. The van der Waals surface area contributed by atoms with E-state index in [9.17, 15) is 32.8 Å². The molecule has 5 aromatic rings. The number of aromatic nitrogens is 2. The van der Waals surface area contributed by atoms with Crippen molar-refractivity contribution in [3.05, 3.63) is 135 Å². The molecule has 358 valence electrons. The van der Waals surface area contributed by atoms with Gasteiger partial charge in [-0.25, -0.2) is 18.7 Å². The number of nitrogens with zero attached hydrogens (tertiary/aromatic N) is 5. The van der Waals surface area contributed by atoms with Gasteiger partial charge in [0.25, 0.3) is 11.8 Å². The van der Waals surface area contributed by atoms with E-state index in [0.29, 0.717) is 68.6 Å². The molecule has 5 heterocycles. The van der Waals surface area contributed by atoms with Gasteiger partial charge in [0.15, 0.2) is 0 Å². The topological polar surface area (TPSA) is 199 Å². The SMILES string of the molecule is Cl.O=C1CCC(N2Cc3c(NC(=O)COCCNCCN4CCC(NC(=O)c5ccc(Nc6ncc7c(n6)-c6ccc(Cl)cc6C(c6c(F)cccc6F)=NC7)cc5)CC4)cccc3C2=O)C(=O)N1. The third kappa shape index (κ3) is 11.1. The number of piperidine rings is 2. The standard InChI is InChI=1S/C49H47ClF2N10O6.ClH/c50-30-9-12-33-35(23-30)45(43-37(51)4-2-5-38(43)52)54-24-29-25-55-49(60-44(29)33)57-31-10-7-28(8-11-31)46(65)56-32-15-19-61(20-16-32)21-17-53-18-22-68-27-42(64)58-39-6-1-3-34-36(39)26-62(48(34)67)40-13-14-41(63)59-47(40)66;/h1-12,23,25,32,40,53H,13-22,24,26-27H2,(H,56,65)(H,58,64)(H,55,57,60)(H,59,63,66);1H. The molecule has 4 aliphatic heterocycles. The molecule has 1 atom stereocenters. The van der Waals surface area contributed by atoms with Gasteiger partial charge < -0.3 is 35.8 Å². The van der Waals surface area contributed by atoms with E-state index in [0.717, 1.165) is 39.0 Å². The van der Waals surface area contributed by atoms with Crippen LogP contribution >= 0.6 is 24.0 Å². The highest BCUT2D eigenvalue weighted by molar-refractivity contribution is 6.31. The molecule has 20 heteroatoms. The van der Waals surface area contributed by atoms with E-state index < -0.39 is 23.6 Å². The van der Waals surface area contributed by atoms with Crippen LogP contribution < -0.4 is 26.6 Å². The van der Waals surface area contributed by atoms with Crippen molar-refractivity contribution in [2.24, 2.45) is 4.99 Å². The summed E-state index contributed by atoms with van der Waals surface area (Å²) in [6.45, 7) is 4.16. The van der Waals surface area contributed by atoms with E-state index in [1.54, 1.807) is 66.9 Å². The summed E-state index contributed by atoms with van der Waals surface area (Å²) in [5.74, 6) is -2.87. The monoisotopic (exact) mass is 980 g/mol. The smallest absolute Gasteiger partial charge is 0.255 e. The van der Waals surface area contributed by atoms with E-state index in [1.165, 1.54) is 23.1 Å². The van der Waals surface area contributed by atoms with Crippen molar-refractivity contribution in [3.63, 3.8) is 0 Å². The number of rotatable bonds is 15. The number of imide groups is 1. The van der Waals surface area contributed by atoms with E-state index in [-0.39, 0.29) is 91.8 Å². The molecule has 0 spiro atoms. The van der Waals surface area contributed by atoms with Crippen LogP contribution in [0.15, 0.2) is 90.1 Å². The van der Waals surface area contributed by atoms with Crippen molar-refractivity contribution >= 4 is 76.6 Å². The second-order valence-corrected chi connectivity index (χ2v) is 17.3. The second-order valence-electron chi connectivity index (χ2n) is 16.9. The van der Waals surface area contributed by atoms with Crippen LogP contribution in [-0.2, 0) is 32.2 Å². The fourth-order valence-electron chi connectivity index (χ4n) is 8.89. The van der Waals surface area contributed by atoms with Crippen molar-refractivity contribution in [2.75, 3.05) is 56.6 Å². The second kappa shape index (κ2) is 21.7. The molecule has 4 aromatic carbocycles. The maximum Gasteiger partial charge on any atom is 0.255 e. The predicted molar refractivity (Wildman–Crippen MR) is 257 cm³/mol. The average molecular weight is 982 g/mol. The van der Waals surface area contributed by atoms with E-state index in [2.05, 4.69) is 41.5 Å². The Kier molecular flexibility index (Phi) is 15.3. The summed E-state index contributed by atoms with van der Waals surface area (Å²) in [6, 6.07) is 20.1. The highest BCUT2D eigenvalue weighted by Gasteiger charge is 2.40. The minimum absolute atomic E-state index is 0. The Morgan fingerprint density at radius 3 is 2.43 bits per heavy atom. The summed E-state index contributed by atoms with van der Waals surface area (Å²) >= 11 is 6.36. The third-order valence-electron chi connectivity index (χ3n) is 12.4. The molecule has 16 nitrogen and oxygen atoms in total. The first-order valence-corrected chi connectivity index (χ1v) is 22.8. The van der Waals surface area contributed by atoms with Gasteiger partial charge in [0.1, 0.15) is 24.3 Å². The Bertz CT molecular complexity index is 2810. The molecule has 9 rings (SSSR count). The molecular formula is C49H48Cl2F2N10O6. The van der Waals surface area contributed by atoms with Crippen LogP contribution in [0.3, 0.4) is 0 Å². The molecule has 0 saturated carbocycles. The summed E-state index contributed by atoms with van der Waals surface area (Å²) in [5, 5.41) is 15.2. The van der Waals surface area contributed by atoms with E-state index in [1.807, 2.05) is 0 Å². The van der Waals surface area contributed by atoms with E-state index >= 15 is 0 Å². The lowest BCUT2D eigenvalue weighted by molar-refractivity contribution is -0.137. The van der Waals surface area contributed by atoms with Crippen LogP contribution in [0.2, 0.25) is 5.02 Å². The van der Waals surface area contributed by atoms with Gasteiger partial charge in [-0.2, -0.15) is 0 Å². The number of likely N-dealkylation sites (tertiary alicyclic amines) is 1. The molecule has 5 N–H and O–H groups in total. The van der Waals surface area contributed by atoms with Gasteiger partial charge in [0.2, 0.25) is 23.7 Å².